The van der Waals surface area contributed by atoms with Crippen molar-refractivity contribution in [2.75, 3.05) is 18.5 Å². The maximum atomic E-state index is 5.82. The molecule has 8 heteroatoms. The predicted octanol–water partition coefficient (Wildman–Crippen LogP) is 5.32. The van der Waals surface area contributed by atoms with E-state index >= 15 is 0 Å². The zero-order valence-corrected chi connectivity index (χ0v) is 19.9. The number of pyridine rings is 1. The molecule has 1 aliphatic carbocycles. The van der Waals surface area contributed by atoms with Gasteiger partial charge in [0.2, 0.25) is 0 Å². The highest BCUT2D eigenvalue weighted by Crippen LogP contribution is 2.39. The average molecular weight is 478 g/mol. The van der Waals surface area contributed by atoms with E-state index in [1.807, 2.05) is 29.0 Å². The molecule has 8 nitrogen and oxygen atoms in total. The van der Waals surface area contributed by atoms with Gasteiger partial charge in [0.15, 0.2) is 5.65 Å². The van der Waals surface area contributed by atoms with Crippen molar-refractivity contribution in [1.29, 1.82) is 0 Å². The SMILES string of the molecule is c1cc(-c2cc(NCC3CCCO3)c3ncc(-c4ccc(-c5cnc(C6CC6)[nH]5)cc4)n3n2)ccn1. The van der Waals surface area contributed by atoms with Crippen LogP contribution in [0.25, 0.3) is 39.4 Å². The molecule has 4 aromatic heterocycles. The summed E-state index contributed by atoms with van der Waals surface area (Å²) in [4.78, 5) is 17.0. The number of imidazole rings is 2. The second-order valence-electron chi connectivity index (χ2n) is 9.61. The number of fused-ring (bicyclic) bond motifs is 1. The summed E-state index contributed by atoms with van der Waals surface area (Å²) in [5.41, 5.74) is 7.78. The fraction of sp³-hybridized carbons (Fsp3) is 0.286. The number of H-pyrrole nitrogens is 1. The number of hydrogen-bond donors (Lipinski definition) is 2. The van der Waals surface area contributed by atoms with Crippen LogP contribution in [0, 0.1) is 0 Å². The molecule has 0 radical (unpaired) electrons. The molecule has 180 valence electrons. The van der Waals surface area contributed by atoms with Crippen LogP contribution in [-0.2, 0) is 4.74 Å². The van der Waals surface area contributed by atoms with Gasteiger partial charge in [0.05, 0.1) is 41.3 Å². The number of benzene rings is 1. The van der Waals surface area contributed by atoms with Crippen LogP contribution in [0.3, 0.4) is 0 Å². The number of nitrogens with zero attached hydrogens (tertiary/aromatic N) is 5. The average Bonchev–Trinajstić information content (AvgIpc) is 3.30. The second kappa shape index (κ2) is 8.87. The van der Waals surface area contributed by atoms with Gasteiger partial charge in [0.25, 0.3) is 0 Å². The van der Waals surface area contributed by atoms with Gasteiger partial charge in [-0.25, -0.2) is 14.5 Å². The molecule has 36 heavy (non-hydrogen) atoms. The molecule has 5 heterocycles. The molecule has 1 saturated heterocycles. The van der Waals surface area contributed by atoms with Crippen molar-refractivity contribution >= 4 is 11.3 Å². The first-order valence-corrected chi connectivity index (χ1v) is 12.6. The minimum atomic E-state index is 0.229. The summed E-state index contributed by atoms with van der Waals surface area (Å²) < 4.78 is 7.76. The van der Waals surface area contributed by atoms with E-state index in [1.54, 1.807) is 12.4 Å². The number of ether oxygens (including phenoxy) is 1. The number of hydrogen-bond acceptors (Lipinski definition) is 6. The first-order valence-electron chi connectivity index (χ1n) is 12.6. The summed E-state index contributed by atoms with van der Waals surface area (Å²) in [6.45, 7) is 1.59. The van der Waals surface area contributed by atoms with E-state index in [0.717, 1.165) is 76.9 Å². The molecule has 2 N–H and O–H groups in total. The van der Waals surface area contributed by atoms with E-state index < -0.39 is 0 Å². The lowest BCUT2D eigenvalue weighted by Crippen LogP contribution is -2.19. The Balaban J connectivity index is 1.25. The van der Waals surface area contributed by atoms with E-state index in [1.165, 1.54) is 12.8 Å². The van der Waals surface area contributed by atoms with E-state index in [-0.39, 0.29) is 6.10 Å². The Morgan fingerprint density at radius 3 is 2.56 bits per heavy atom. The van der Waals surface area contributed by atoms with Crippen molar-refractivity contribution < 1.29 is 4.74 Å². The van der Waals surface area contributed by atoms with Crippen molar-refractivity contribution in [3.63, 3.8) is 0 Å². The fourth-order valence-electron chi connectivity index (χ4n) is 4.86. The predicted molar refractivity (Wildman–Crippen MR) is 139 cm³/mol. The van der Waals surface area contributed by atoms with Gasteiger partial charge in [0.1, 0.15) is 5.82 Å². The topological polar surface area (TPSA) is 93.0 Å². The zero-order valence-electron chi connectivity index (χ0n) is 19.9. The molecule has 5 aromatic rings. The summed E-state index contributed by atoms with van der Waals surface area (Å²) >= 11 is 0. The molecule has 1 aliphatic heterocycles. The van der Waals surface area contributed by atoms with Crippen molar-refractivity contribution in [2.24, 2.45) is 0 Å². The first kappa shape index (κ1) is 21.3. The Labute approximate surface area is 208 Å². The van der Waals surface area contributed by atoms with Crippen molar-refractivity contribution in [1.82, 2.24) is 29.5 Å². The summed E-state index contributed by atoms with van der Waals surface area (Å²) in [7, 11) is 0. The molecule has 0 spiro atoms. The number of aromatic nitrogens is 6. The summed E-state index contributed by atoms with van der Waals surface area (Å²) in [5, 5.41) is 8.55. The number of rotatable bonds is 7. The van der Waals surface area contributed by atoms with Crippen LogP contribution in [-0.4, -0.2) is 48.8 Å². The van der Waals surface area contributed by atoms with Crippen LogP contribution in [0.2, 0.25) is 0 Å². The molecular formula is C28H27N7O. The Bertz CT molecular complexity index is 1500. The normalized spacial score (nSPS) is 17.6. The minimum absolute atomic E-state index is 0.229. The third-order valence-electron chi connectivity index (χ3n) is 7.04. The molecule has 0 bridgehead atoms. The van der Waals surface area contributed by atoms with Gasteiger partial charge >= 0.3 is 0 Å². The Morgan fingerprint density at radius 1 is 0.944 bits per heavy atom. The lowest BCUT2D eigenvalue weighted by Gasteiger charge is -2.14. The Morgan fingerprint density at radius 2 is 1.78 bits per heavy atom. The van der Waals surface area contributed by atoms with Crippen LogP contribution < -0.4 is 5.32 Å². The van der Waals surface area contributed by atoms with Crippen LogP contribution in [0.5, 0.6) is 0 Å². The standard InChI is InChI=1S/C28H27N7O/c1-2-22(36-13-1)15-30-24-14-23(19-9-11-29-12-10-19)34-35-26(17-32-28(24)35)20-5-3-18(4-6-20)25-16-31-27(33-25)21-7-8-21/h3-6,9-12,14,16-17,21-22,30H,1-2,7-8,13,15H2,(H,31,33). The highest BCUT2D eigenvalue weighted by Gasteiger charge is 2.26. The molecule has 2 aliphatic rings. The molecule has 7 rings (SSSR count). The third kappa shape index (κ3) is 4.03. The van der Waals surface area contributed by atoms with Gasteiger partial charge in [-0.3, -0.25) is 4.98 Å². The highest BCUT2D eigenvalue weighted by atomic mass is 16.5. The van der Waals surface area contributed by atoms with E-state index in [2.05, 4.69) is 50.6 Å². The number of aromatic amines is 1. The smallest absolute Gasteiger partial charge is 0.177 e. The maximum absolute atomic E-state index is 5.82. The second-order valence-corrected chi connectivity index (χ2v) is 9.61. The van der Waals surface area contributed by atoms with E-state index in [0.29, 0.717) is 5.92 Å². The van der Waals surface area contributed by atoms with Gasteiger partial charge in [-0.2, -0.15) is 5.10 Å². The Hall–Kier alpha value is -4.04. The molecule has 1 unspecified atom stereocenters. The van der Waals surface area contributed by atoms with Crippen LogP contribution in [0.1, 0.15) is 37.4 Å². The van der Waals surface area contributed by atoms with Crippen LogP contribution in [0.15, 0.2) is 67.3 Å². The monoisotopic (exact) mass is 477 g/mol. The van der Waals surface area contributed by atoms with Gasteiger partial charge in [-0.1, -0.05) is 24.3 Å². The van der Waals surface area contributed by atoms with Gasteiger partial charge < -0.3 is 15.0 Å². The summed E-state index contributed by atoms with van der Waals surface area (Å²) in [6.07, 6.45) is 12.3. The largest absolute Gasteiger partial charge is 0.379 e. The molecule has 2 fully saturated rings. The van der Waals surface area contributed by atoms with Crippen LogP contribution >= 0.6 is 0 Å². The van der Waals surface area contributed by atoms with Gasteiger partial charge in [-0.05, 0) is 49.4 Å². The van der Waals surface area contributed by atoms with Crippen molar-refractivity contribution in [3.05, 3.63) is 73.1 Å². The highest BCUT2D eigenvalue weighted by molar-refractivity contribution is 5.77. The summed E-state index contributed by atoms with van der Waals surface area (Å²) in [5.74, 6) is 1.71. The minimum Gasteiger partial charge on any atom is -0.379 e. The number of anilines is 1. The molecule has 0 amide bonds. The number of nitrogens with one attached hydrogen (secondary N) is 2. The van der Waals surface area contributed by atoms with Crippen molar-refractivity contribution in [2.45, 2.75) is 37.7 Å². The van der Waals surface area contributed by atoms with Crippen molar-refractivity contribution in [3.8, 4) is 33.8 Å². The quantitative estimate of drug-likeness (QED) is 0.330. The maximum Gasteiger partial charge on any atom is 0.177 e. The van der Waals surface area contributed by atoms with Gasteiger partial charge in [-0.15, -0.1) is 0 Å². The van der Waals surface area contributed by atoms with E-state index in [4.69, 9.17) is 14.8 Å². The molecule has 1 atom stereocenters. The Kier molecular flexibility index (Phi) is 5.24. The molecule has 1 aromatic carbocycles. The van der Waals surface area contributed by atoms with Gasteiger partial charge in [0, 0.05) is 42.6 Å². The summed E-state index contributed by atoms with van der Waals surface area (Å²) in [6, 6.07) is 14.5. The first-order chi connectivity index (χ1) is 17.8. The molecule has 1 saturated carbocycles. The van der Waals surface area contributed by atoms with E-state index in [9.17, 15) is 0 Å². The lowest BCUT2D eigenvalue weighted by molar-refractivity contribution is 0.120. The third-order valence-corrected chi connectivity index (χ3v) is 7.04. The van der Waals surface area contributed by atoms with Crippen LogP contribution in [0.4, 0.5) is 5.69 Å². The lowest BCUT2D eigenvalue weighted by atomic mass is 10.1. The zero-order chi connectivity index (χ0) is 23.9. The molecular weight excluding hydrogens is 450 g/mol. The fourth-order valence-corrected chi connectivity index (χ4v) is 4.86.